The molecule has 0 aliphatic heterocycles. The van der Waals surface area contributed by atoms with E-state index in [9.17, 15) is 4.79 Å². The predicted molar refractivity (Wildman–Crippen MR) is 99.6 cm³/mol. The van der Waals surface area contributed by atoms with Crippen molar-refractivity contribution in [3.8, 4) is 11.5 Å². The van der Waals surface area contributed by atoms with Crippen molar-refractivity contribution in [2.75, 3.05) is 14.2 Å². The fourth-order valence-electron chi connectivity index (χ4n) is 2.39. The molecular formula is C18H17ClN4O3. The average Bonchev–Trinajstić information content (AvgIpc) is 3.01. The molecule has 134 valence electrons. The van der Waals surface area contributed by atoms with E-state index in [1.165, 1.54) is 4.68 Å². The number of rotatable bonds is 6. The third kappa shape index (κ3) is 3.94. The molecule has 3 rings (SSSR count). The van der Waals surface area contributed by atoms with Gasteiger partial charge in [-0.15, -0.1) is 0 Å². The van der Waals surface area contributed by atoms with Gasteiger partial charge >= 0.3 is 5.69 Å². The molecule has 0 unspecified atom stereocenters. The molecule has 0 bridgehead atoms. The lowest BCUT2D eigenvalue weighted by Gasteiger charge is -2.07. The van der Waals surface area contributed by atoms with E-state index in [4.69, 9.17) is 21.1 Å². The van der Waals surface area contributed by atoms with Crippen LogP contribution in [0.3, 0.4) is 0 Å². The molecule has 1 N–H and O–H groups in total. The number of aromatic amines is 1. The van der Waals surface area contributed by atoms with Crippen molar-refractivity contribution in [3.63, 3.8) is 0 Å². The van der Waals surface area contributed by atoms with Crippen molar-refractivity contribution in [1.82, 2.24) is 14.9 Å². The van der Waals surface area contributed by atoms with Crippen LogP contribution < -0.4 is 15.2 Å². The van der Waals surface area contributed by atoms with Crippen molar-refractivity contribution in [1.29, 1.82) is 0 Å². The van der Waals surface area contributed by atoms with Crippen LogP contribution in [0.1, 0.15) is 17.0 Å². The Morgan fingerprint density at radius 1 is 1.19 bits per heavy atom. The number of aromatic nitrogens is 3. The number of hydrogen-bond acceptors (Lipinski definition) is 5. The van der Waals surface area contributed by atoms with Crippen molar-refractivity contribution in [2.45, 2.75) is 6.42 Å². The Balaban J connectivity index is 1.88. The standard InChI is InChI=1S/C18H17ClN4O3/c1-25-15-8-5-13(16(10-15)26-2)11-20-23-17(21-22-18(23)24)9-12-3-6-14(19)7-4-12/h3-8,10-11H,9H2,1-2H3,(H,22,24)/b20-11+. The van der Waals surface area contributed by atoms with Gasteiger partial charge in [-0.05, 0) is 29.8 Å². The molecule has 0 fully saturated rings. The lowest BCUT2D eigenvalue weighted by Crippen LogP contribution is -2.15. The van der Waals surface area contributed by atoms with E-state index in [-0.39, 0.29) is 0 Å². The van der Waals surface area contributed by atoms with Crippen LogP contribution >= 0.6 is 11.6 Å². The second-order valence-electron chi connectivity index (χ2n) is 5.41. The number of benzene rings is 2. The lowest BCUT2D eigenvalue weighted by atomic mass is 10.1. The zero-order valence-corrected chi connectivity index (χ0v) is 15.0. The van der Waals surface area contributed by atoms with Crippen LogP contribution in [0.25, 0.3) is 0 Å². The van der Waals surface area contributed by atoms with Crippen LogP contribution in [0, 0.1) is 0 Å². The lowest BCUT2D eigenvalue weighted by molar-refractivity contribution is 0.394. The Morgan fingerprint density at radius 3 is 2.65 bits per heavy atom. The fraction of sp³-hybridized carbons (Fsp3) is 0.167. The summed E-state index contributed by atoms with van der Waals surface area (Å²) >= 11 is 5.90. The average molecular weight is 373 g/mol. The Hall–Kier alpha value is -3.06. The summed E-state index contributed by atoms with van der Waals surface area (Å²) in [4.78, 5) is 12.0. The number of H-pyrrole nitrogens is 1. The summed E-state index contributed by atoms with van der Waals surface area (Å²) in [6.07, 6.45) is 1.98. The molecule has 8 heteroatoms. The third-order valence-electron chi connectivity index (χ3n) is 3.75. The minimum absolute atomic E-state index is 0.419. The zero-order valence-electron chi connectivity index (χ0n) is 14.3. The third-order valence-corrected chi connectivity index (χ3v) is 4.00. The van der Waals surface area contributed by atoms with Gasteiger partial charge in [0.05, 0.1) is 20.4 Å². The summed E-state index contributed by atoms with van der Waals surface area (Å²) in [5.41, 5.74) is 1.25. The second kappa shape index (κ2) is 7.88. The van der Waals surface area contributed by atoms with Crippen molar-refractivity contribution < 1.29 is 9.47 Å². The first-order valence-corrected chi connectivity index (χ1v) is 8.15. The van der Waals surface area contributed by atoms with E-state index in [1.807, 2.05) is 12.1 Å². The largest absolute Gasteiger partial charge is 0.497 e. The monoisotopic (exact) mass is 372 g/mol. The van der Waals surface area contributed by atoms with E-state index in [2.05, 4.69) is 15.3 Å². The molecule has 0 spiro atoms. The summed E-state index contributed by atoms with van der Waals surface area (Å²) in [5.74, 6) is 1.74. The van der Waals surface area contributed by atoms with Gasteiger partial charge in [0, 0.05) is 23.1 Å². The smallest absolute Gasteiger partial charge is 0.364 e. The molecule has 7 nitrogen and oxygen atoms in total. The number of ether oxygens (including phenoxy) is 2. The van der Waals surface area contributed by atoms with Gasteiger partial charge in [0.2, 0.25) is 0 Å². The maximum atomic E-state index is 12.0. The molecule has 2 aromatic carbocycles. The minimum atomic E-state index is -0.419. The highest BCUT2D eigenvalue weighted by atomic mass is 35.5. The Kier molecular flexibility index (Phi) is 5.38. The predicted octanol–water partition coefficient (Wildman–Crippen LogP) is 2.71. The van der Waals surface area contributed by atoms with Gasteiger partial charge in [-0.25, -0.2) is 9.89 Å². The van der Waals surface area contributed by atoms with E-state index < -0.39 is 5.69 Å². The number of nitrogens with zero attached hydrogens (tertiary/aromatic N) is 3. The van der Waals surface area contributed by atoms with Crippen LogP contribution in [-0.2, 0) is 6.42 Å². The Labute approximate surface area is 154 Å². The number of halogens is 1. The summed E-state index contributed by atoms with van der Waals surface area (Å²) in [7, 11) is 3.14. The second-order valence-corrected chi connectivity index (χ2v) is 5.85. The van der Waals surface area contributed by atoms with Crippen molar-refractivity contribution in [2.24, 2.45) is 5.10 Å². The van der Waals surface area contributed by atoms with E-state index in [0.717, 1.165) is 5.56 Å². The quantitative estimate of drug-likeness (QED) is 0.674. The maximum Gasteiger partial charge on any atom is 0.364 e. The van der Waals surface area contributed by atoms with Gasteiger partial charge in [-0.1, -0.05) is 23.7 Å². The normalized spacial score (nSPS) is 11.0. The molecule has 0 saturated heterocycles. The molecular weight excluding hydrogens is 356 g/mol. The van der Waals surface area contributed by atoms with Gasteiger partial charge < -0.3 is 9.47 Å². The first kappa shape index (κ1) is 17.8. The first-order chi connectivity index (χ1) is 12.6. The number of hydrogen-bond donors (Lipinski definition) is 1. The number of nitrogens with one attached hydrogen (secondary N) is 1. The SMILES string of the molecule is COc1ccc(/C=N/n2c(Cc3ccc(Cl)cc3)n[nH]c2=O)c(OC)c1. The molecule has 0 aliphatic rings. The summed E-state index contributed by atoms with van der Waals surface area (Å²) in [5, 5.41) is 11.4. The van der Waals surface area contributed by atoms with Gasteiger partial charge in [0.1, 0.15) is 11.5 Å². The zero-order chi connectivity index (χ0) is 18.5. The van der Waals surface area contributed by atoms with Crippen LogP contribution in [0.5, 0.6) is 11.5 Å². The fourth-order valence-corrected chi connectivity index (χ4v) is 2.51. The summed E-state index contributed by atoms with van der Waals surface area (Å²) in [6.45, 7) is 0. The highest BCUT2D eigenvalue weighted by Crippen LogP contribution is 2.23. The molecule has 0 amide bonds. The van der Waals surface area contributed by atoms with Gasteiger partial charge in [-0.3, -0.25) is 0 Å². The minimum Gasteiger partial charge on any atom is -0.497 e. The Morgan fingerprint density at radius 2 is 1.96 bits per heavy atom. The van der Waals surface area contributed by atoms with E-state index >= 15 is 0 Å². The molecule has 0 saturated carbocycles. The summed E-state index contributed by atoms with van der Waals surface area (Å²) in [6, 6.07) is 12.7. The molecule has 0 aliphatic carbocycles. The van der Waals surface area contributed by atoms with Crippen LogP contribution in [-0.4, -0.2) is 35.3 Å². The van der Waals surface area contributed by atoms with Gasteiger partial charge in [0.15, 0.2) is 5.82 Å². The molecule has 3 aromatic rings. The number of methoxy groups -OCH3 is 2. The highest BCUT2D eigenvalue weighted by molar-refractivity contribution is 6.30. The van der Waals surface area contributed by atoms with Gasteiger partial charge in [0.25, 0.3) is 0 Å². The van der Waals surface area contributed by atoms with Crippen LogP contribution in [0.2, 0.25) is 5.02 Å². The molecule has 0 atom stereocenters. The van der Waals surface area contributed by atoms with Gasteiger partial charge in [-0.2, -0.15) is 14.9 Å². The molecule has 0 radical (unpaired) electrons. The van der Waals surface area contributed by atoms with E-state index in [0.29, 0.717) is 34.3 Å². The highest BCUT2D eigenvalue weighted by Gasteiger charge is 2.09. The van der Waals surface area contributed by atoms with Crippen molar-refractivity contribution in [3.05, 3.63) is 74.9 Å². The van der Waals surface area contributed by atoms with Crippen LogP contribution in [0.15, 0.2) is 52.4 Å². The topological polar surface area (TPSA) is 81.5 Å². The Bertz CT molecular complexity index is 977. The van der Waals surface area contributed by atoms with Crippen molar-refractivity contribution >= 4 is 17.8 Å². The maximum absolute atomic E-state index is 12.0. The molecule has 1 aromatic heterocycles. The van der Waals surface area contributed by atoms with Crippen LogP contribution in [0.4, 0.5) is 0 Å². The molecule has 26 heavy (non-hydrogen) atoms. The molecule has 1 heterocycles. The summed E-state index contributed by atoms with van der Waals surface area (Å²) < 4.78 is 11.7. The van der Waals surface area contributed by atoms with E-state index in [1.54, 1.807) is 50.8 Å². The first-order valence-electron chi connectivity index (χ1n) is 7.78.